The van der Waals surface area contributed by atoms with Crippen molar-refractivity contribution in [3.05, 3.63) is 71.8 Å². The van der Waals surface area contributed by atoms with Crippen molar-refractivity contribution in [3.8, 4) is 0 Å². The summed E-state index contributed by atoms with van der Waals surface area (Å²) < 4.78 is 11.5. The van der Waals surface area contributed by atoms with E-state index in [1.54, 1.807) is 18.7 Å². The Kier molecular flexibility index (Phi) is 8.45. The van der Waals surface area contributed by atoms with E-state index in [0.29, 0.717) is 32.5 Å². The first-order valence-electron chi connectivity index (χ1n) is 12.7. The van der Waals surface area contributed by atoms with Gasteiger partial charge in [-0.2, -0.15) is 0 Å². The van der Waals surface area contributed by atoms with Crippen molar-refractivity contribution in [2.45, 2.75) is 57.0 Å². The monoisotopic (exact) mass is 508 g/mol. The molecule has 0 aromatic heterocycles. The number of nitrogens with one attached hydrogen (secondary N) is 2. The quantitative estimate of drug-likeness (QED) is 0.476. The highest BCUT2D eigenvalue weighted by Crippen LogP contribution is 2.29. The van der Waals surface area contributed by atoms with Gasteiger partial charge in [0.15, 0.2) is 0 Å². The van der Waals surface area contributed by atoms with Crippen LogP contribution in [0.25, 0.3) is 0 Å². The maximum absolute atomic E-state index is 13.7. The van der Waals surface area contributed by atoms with Gasteiger partial charge in [0.25, 0.3) is 0 Å². The molecule has 2 aliphatic heterocycles. The zero-order valence-corrected chi connectivity index (χ0v) is 21.4. The fourth-order valence-corrected chi connectivity index (χ4v) is 4.80. The second-order valence-corrected chi connectivity index (χ2v) is 10.4. The van der Waals surface area contributed by atoms with E-state index in [0.717, 1.165) is 11.1 Å². The van der Waals surface area contributed by atoms with E-state index in [1.165, 1.54) is 0 Å². The molecule has 2 aromatic rings. The number of likely N-dealkylation sites (tertiary alicyclic amines) is 1. The summed E-state index contributed by atoms with van der Waals surface area (Å²) in [7, 11) is 0. The Labute approximate surface area is 217 Å². The summed E-state index contributed by atoms with van der Waals surface area (Å²) in [5, 5.41) is 5.71. The Hall–Kier alpha value is -3.43. The van der Waals surface area contributed by atoms with Crippen LogP contribution in [-0.4, -0.2) is 66.2 Å². The number of carbonyl (C=O) groups excluding carboxylic acids is 3. The molecule has 37 heavy (non-hydrogen) atoms. The van der Waals surface area contributed by atoms with E-state index < -0.39 is 23.6 Å². The smallest absolute Gasteiger partial charge is 0.407 e. The number of nitrogens with zero attached hydrogens (tertiary/aromatic N) is 1. The molecule has 2 fully saturated rings. The highest BCUT2D eigenvalue weighted by atomic mass is 16.6. The van der Waals surface area contributed by atoms with Gasteiger partial charge in [0.05, 0.1) is 18.8 Å². The lowest BCUT2D eigenvalue weighted by Crippen LogP contribution is -2.64. The van der Waals surface area contributed by atoms with Crippen LogP contribution >= 0.6 is 0 Å². The van der Waals surface area contributed by atoms with Crippen molar-refractivity contribution in [2.24, 2.45) is 11.7 Å². The van der Waals surface area contributed by atoms with Gasteiger partial charge >= 0.3 is 6.09 Å². The summed E-state index contributed by atoms with van der Waals surface area (Å²) in [4.78, 5) is 40.3. The van der Waals surface area contributed by atoms with Crippen molar-refractivity contribution < 1.29 is 23.9 Å². The van der Waals surface area contributed by atoms with E-state index >= 15 is 0 Å². The number of rotatable bonds is 9. The predicted octanol–water partition coefficient (Wildman–Crippen LogP) is 1.99. The lowest BCUT2D eigenvalue weighted by atomic mass is 9.83. The normalized spacial score (nSPS) is 22.3. The molecule has 0 spiro atoms. The van der Waals surface area contributed by atoms with Gasteiger partial charge in [-0.25, -0.2) is 4.79 Å². The van der Waals surface area contributed by atoms with E-state index in [4.69, 9.17) is 15.2 Å². The SMILES string of the molecule is CC(C)(N)C(=O)N[C@H](COCc1ccccc1)C(=O)N1CCC2NC(=O)O[C@@H](Cc3ccccc3)C2C1. The maximum atomic E-state index is 13.7. The van der Waals surface area contributed by atoms with Crippen LogP contribution in [-0.2, 0) is 32.1 Å². The highest BCUT2D eigenvalue weighted by molar-refractivity contribution is 5.91. The molecular formula is C28H36N4O5. The van der Waals surface area contributed by atoms with Gasteiger partial charge in [0, 0.05) is 31.5 Å². The Morgan fingerprint density at radius 2 is 1.78 bits per heavy atom. The summed E-state index contributed by atoms with van der Waals surface area (Å²) in [6.07, 6.45) is 0.387. The minimum Gasteiger partial charge on any atom is -0.445 e. The van der Waals surface area contributed by atoms with Gasteiger partial charge in [-0.05, 0) is 31.4 Å². The average molecular weight is 509 g/mol. The van der Waals surface area contributed by atoms with Crippen LogP contribution in [0.15, 0.2) is 60.7 Å². The first kappa shape index (κ1) is 26.6. The summed E-state index contributed by atoms with van der Waals surface area (Å²) >= 11 is 0. The fourth-order valence-electron chi connectivity index (χ4n) is 4.80. The van der Waals surface area contributed by atoms with E-state index in [9.17, 15) is 14.4 Å². The number of nitrogens with two attached hydrogens (primary N) is 1. The Morgan fingerprint density at radius 3 is 2.43 bits per heavy atom. The molecule has 9 nitrogen and oxygen atoms in total. The van der Waals surface area contributed by atoms with Crippen LogP contribution < -0.4 is 16.4 Å². The third-order valence-electron chi connectivity index (χ3n) is 6.87. The molecule has 2 unspecified atom stereocenters. The number of alkyl carbamates (subject to hydrolysis) is 1. The molecular weight excluding hydrogens is 472 g/mol. The second kappa shape index (κ2) is 11.7. The van der Waals surface area contributed by atoms with E-state index in [1.807, 2.05) is 60.7 Å². The van der Waals surface area contributed by atoms with Gasteiger partial charge in [0.1, 0.15) is 12.1 Å². The third-order valence-corrected chi connectivity index (χ3v) is 6.87. The summed E-state index contributed by atoms with van der Waals surface area (Å²) in [5.74, 6) is -0.748. The molecule has 2 saturated heterocycles. The number of carbonyl (C=O) groups is 3. The molecule has 0 radical (unpaired) electrons. The molecule has 4 rings (SSSR count). The van der Waals surface area contributed by atoms with Crippen molar-refractivity contribution >= 4 is 17.9 Å². The molecule has 3 amide bonds. The largest absolute Gasteiger partial charge is 0.445 e. The van der Waals surface area contributed by atoms with Gasteiger partial charge < -0.3 is 30.7 Å². The molecule has 4 atom stereocenters. The first-order valence-corrected chi connectivity index (χ1v) is 12.7. The number of ether oxygens (including phenoxy) is 2. The third kappa shape index (κ3) is 7.08. The van der Waals surface area contributed by atoms with Crippen molar-refractivity contribution in [3.63, 3.8) is 0 Å². The van der Waals surface area contributed by atoms with Crippen LogP contribution in [0.4, 0.5) is 4.79 Å². The van der Waals surface area contributed by atoms with Crippen LogP contribution in [0.3, 0.4) is 0 Å². The first-order chi connectivity index (χ1) is 17.7. The molecule has 9 heteroatoms. The second-order valence-electron chi connectivity index (χ2n) is 10.4. The van der Waals surface area contributed by atoms with Gasteiger partial charge in [0.2, 0.25) is 11.8 Å². The van der Waals surface area contributed by atoms with Crippen LogP contribution in [0, 0.1) is 5.92 Å². The lowest BCUT2D eigenvalue weighted by Gasteiger charge is -2.45. The molecule has 198 valence electrons. The minimum absolute atomic E-state index is 0.0147. The molecule has 0 aliphatic carbocycles. The molecule has 2 aromatic carbocycles. The highest BCUT2D eigenvalue weighted by Gasteiger charge is 2.44. The number of amides is 3. The van der Waals surface area contributed by atoms with Crippen LogP contribution in [0.1, 0.15) is 31.4 Å². The van der Waals surface area contributed by atoms with Crippen LogP contribution in [0.2, 0.25) is 0 Å². The number of benzene rings is 2. The molecule has 2 heterocycles. The zero-order chi connectivity index (χ0) is 26.4. The number of hydrogen-bond donors (Lipinski definition) is 3. The Balaban J connectivity index is 1.45. The molecule has 2 aliphatic rings. The number of hydrogen-bond acceptors (Lipinski definition) is 6. The Bertz CT molecular complexity index is 1070. The van der Waals surface area contributed by atoms with Crippen molar-refractivity contribution in [1.29, 1.82) is 0 Å². The molecule has 4 N–H and O–H groups in total. The summed E-state index contributed by atoms with van der Waals surface area (Å²) in [6, 6.07) is 18.5. The fraction of sp³-hybridized carbons (Fsp3) is 0.464. The summed E-state index contributed by atoms with van der Waals surface area (Å²) in [5.41, 5.74) is 6.87. The van der Waals surface area contributed by atoms with Crippen molar-refractivity contribution in [2.75, 3.05) is 19.7 Å². The van der Waals surface area contributed by atoms with Gasteiger partial charge in [-0.3, -0.25) is 9.59 Å². The molecule has 0 bridgehead atoms. The Morgan fingerprint density at radius 1 is 1.14 bits per heavy atom. The summed E-state index contributed by atoms with van der Waals surface area (Å²) in [6.45, 7) is 4.37. The topological polar surface area (TPSA) is 123 Å². The number of cyclic esters (lactones) is 1. The van der Waals surface area contributed by atoms with Gasteiger partial charge in [-0.15, -0.1) is 0 Å². The average Bonchev–Trinajstić information content (AvgIpc) is 2.88. The maximum Gasteiger partial charge on any atom is 0.407 e. The molecule has 0 saturated carbocycles. The number of piperidine rings is 1. The van der Waals surface area contributed by atoms with Crippen molar-refractivity contribution in [1.82, 2.24) is 15.5 Å². The zero-order valence-electron chi connectivity index (χ0n) is 21.4. The van der Waals surface area contributed by atoms with E-state index in [2.05, 4.69) is 10.6 Å². The minimum atomic E-state index is -1.15. The lowest BCUT2D eigenvalue weighted by molar-refractivity contribution is -0.142. The van der Waals surface area contributed by atoms with E-state index in [-0.39, 0.29) is 30.6 Å². The van der Waals surface area contributed by atoms with Gasteiger partial charge in [-0.1, -0.05) is 60.7 Å². The van der Waals surface area contributed by atoms with Crippen LogP contribution in [0.5, 0.6) is 0 Å². The predicted molar refractivity (Wildman–Crippen MR) is 138 cm³/mol. The standard InChI is InChI=1S/C28H36N4O5/c1-28(2,29)26(34)30-23(18-36-17-20-11-7-4-8-12-20)25(33)32-14-13-22-21(16-32)24(37-27(35)31-22)15-19-9-5-3-6-10-19/h3-12,21-24H,13-18,29H2,1-2H3,(H,30,34)(H,31,35)/t21?,22?,23-,24+/m1/s1. The number of fused-ring (bicyclic) bond motifs is 1.